The highest BCUT2D eigenvalue weighted by Crippen LogP contribution is 2.23. The van der Waals surface area contributed by atoms with E-state index in [-0.39, 0.29) is 0 Å². The van der Waals surface area contributed by atoms with Gasteiger partial charge in [-0.1, -0.05) is 23.8 Å². The number of nitrogens with two attached hydrogens (primary N) is 1. The van der Waals surface area contributed by atoms with Crippen LogP contribution in [0.15, 0.2) is 18.2 Å². The van der Waals surface area contributed by atoms with Crippen molar-refractivity contribution in [2.24, 2.45) is 5.73 Å². The molecule has 0 heterocycles. The molecular weight excluding hydrogens is 280 g/mol. The molecule has 0 radical (unpaired) electrons. The van der Waals surface area contributed by atoms with Gasteiger partial charge in [0, 0.05) is 18.7 Å². The van der Waals surface area contributed by atoms with E-state index in [9.17, 15) is 0 Å². The number of halogens is 1. The Kier molecular flexibility index (Phi) is 7.13. The zero-order chi connectivity index (χ0) is 14.3. The molecule has 0 spiro atoms. The fourth-order valence-corrected chi connectivity index (χ4v) is 1.96. The zero-order valence-corrected chi connectivity index (χ0v) is 13.0. The second kappa shape index (κ2) is 8.35. The van der Waals surface area contributed by atoms with Crippen LogP contribution in [0.3, 0.4) is 0 Å². The molecule has 19 heavy (non-hydrogen) atoms. The van der Waals surface area contributed by atoms with Crippen LogP contribution in [0.2, 0.25) is 5.02 Å². The summed E-state index contributed by atoms with van der Waals surface area (Å²) in [4.78, 5) is 0.360. The van der Waals surface area contributed by atoms with Crippen LogP contribution in [0.25, 0.3) is 0 Å². The SMILES string of the molecule is CC(C)OCCCCNc1ccc(C(N)=S)cc1Cl. The Hall–Kier alpha value is -0.840. The first-order valence-corrected chi connectivity index (χ1v) is 7.24. The van der Waals surface area contributed by atoms with E-state index in [0.717, 1.165) is 37.2 Å². The van der Waals surface area contributed by atoms with Gasteiger partial charge < -0.3 is 15.8 Å². The first-order valence-electron chi connectivity index (χ1n) is 6.45. The normalized spacial score (nSPS) is 10.7. The van der Waals surface area contributed by atoms with Crippen molar-refractivity contribution < 1.29 is 4.74 Å². The average Bonchev–Trinajstić information content (AvgIpc) is 2.34. The molecule has 0 atom stereocenters. The number of hydrogen-bond acceptors (Lipinski definition) is 3. The molecule has 0 saturated carbocycles. The van der Waals surface area contributed by atoms with Crippen molar-refractivity contribution in [1.82, 2.24) is 0 Å². The Labute approximate surface area is 125 Å². The van der Waals surface area contributed by atoms with Gasteiger partial charge >= 0.3 is 0 Å². The number of anilines is 1. The van der Waals surface area contributed by atoms with E-state index < -0.39 is 0 Å². The van der Waals surface area contributed by atoms with Gasteiger partial charge in [-0.2, -0.15) is 0 Å². The Morgan fingerprint density at radius 3 is 2.74 bits per heavy atom. The van der Waals surface area contributed by atoms with E-state index in [1.54, 1.807) is 6.07 Å². The van der Waals surface area contributed by atoms with Gasteiger partial charge in [0.15, 0.2) is 0 Å². The van der Waals surface area contributed by atoms with Gasteiger partial charge in [0.2, 0.25) is 0 Å². The highest BCUT2D eigenvalue weighted by Gasteiger charge is 2.03. The number of benzene rings is 1. The fraction of sp³-hybridized carbons (Fsp3) is 0.500. The quantitative estimate of drug-likeness (QED) is 0.569. The van der Waals surface area contributed by atoms with Crippen LogP contribution >= 0.6 is 23.8 Å². The van der Waals surface area contributed by atoms with E-state index in [1.165, 1.54) is 0 Å². The number of hydrogen-bond donors (Lipinski definition) is 2. The fourth-order valence-electron chi connectivity index (χ4n) is 1.58. The van der Waals surface area contributed by atoms with Gasteiger partial charge in [-0.15, -0.1) is 0 Å². The molecule has 3 nitrogen and oxygen atoms in total. The molecule has 0 saturated heterocycles. The maximum absolute atomic E-state index is 6.15. The molecule has 0 aliphatic rings. The average molecular weight is 301 g/mol. The van der Waals surface area contributed by atoms with Gasteiger partial charge in [-0.05, 0) is 44.9 Å². The highest BCUT2D eigenvalue weighted by atomic mass is 35.5. The second-order valence-corrected chi connectivity index (χ2v) is 5.46. The maximum atomic E-state index is 6.15. The topological polar surface area (TPSA) is 47.3 Å². The number of unbranched alkanes of at least 4 members (excludes halogenated alkanes) is 1. The highest BCUT2D eigenvalue weighted by molar-refractivity contribution is 7.80. The van der Waals surface area contributed by atoms with E-state index in [1.807, 2.05) is 26.0 Å². The first kappa shape index (κ1) is 16.2. The lowest BCUT2D eigenvalue weighted by atomic mass is 10.2. The van der Waals surface area contributed by atoms with Gasteiger partial charge in [-0.3, -0.25) is 0 Å². The van der Waals surface area contributed by atoms with E-state index in [4.69, 9.17) is 34.3 Å². The summed E-state index contributed by atoms with van der Waals surface area (Å²) in [7, 11) is 0. The summed E-state index contributed by atoms with van der Waals surface area (Å²) in [5.41, 5.74) is 7.25. The summed E-state index contributed by atoms with van der Waals surface area (Å²) < 4.78 is 5.48. The van der Waals surface area contributed by atoms with Crippen LogP contribution in [-0.2, 0) is 4.74 Å². The van der Waals surface area contributed by atoms with Crippen molar-refractivity contribution in [1.29, 1.82) is 0 Å². The van der Waals surface area contributed by atoms with Crippen LogP contribution in [0, 0.1) is 0 Å². The molecular formula is C14H21ClN2OS. The lowest BCUT2D eigenvalue weighted by Gasteiger charge is -2.10. The molecule has 0 aliphatic carbocycles. The number of rotatable bonds is 8. The number of nitrogens with one attached hydrogen (secondary N) is 1. The van der Waals surface area contributed by atoms with E-state index >= 15 is 0 Å². The largest absolute Gasteiger partial charge is 0.389 e. The third-order valence-electron chi connectivity index (χ3n) is 2.59. The molecule has 0 aliphatic heterocycles. The van der Waals surface area contributed by atoms with Crippen LogP contribution in [-0.4, -0.2) is 24.2 Å². The van der Waals surface area contributed by atoms with Crippen molar-refractivity contribution in [3.8, 4) is 0 Å². The van der Waals surface area contributed by atoms with Crippen LogP contribution < -0.4 is 11.1 Å². The maximum Gasteiger partial charge on any atom is 0.104 e. The minimum absolute atomic E-state index is 0.301. The van der Waals surface area contributed by atoms with Crippen LogP contribution in [0.5, 0.6) is 0 Å². The lowest BCUT2D eigenvalue weighted by molar-refractivity contribution is 0.0765. The van der Waals surface area contributed by atoms with Crippen LogP contribution in [0.4, 0.5) is 5.69 Å². The van der Waals surface area contributed by atoms with Gasteiger partial charge in [0.1, 0.15) is 4.99 Å². The Balaban J connectivity index is 2.32. The number of ether oxygens (including phenoxy) is 1. The lowest BCUT2D eigenvalue weighted by Crippen LogP contribution is -2.10. The summed E-state index contributed by atoms with van der Waals surface area (Å²) >= 11 is 11.1. The van der Waals surface area contributed by atoms with Crippen molar-refractivity contribution in [3.63, 3.8) is 0 Å². The third kappa shape index (κ3) is 6.23. The summed E-state index contributed by atoms with van der Waals surface area (Å²) in [5, 5.41) is 3.94. The molecule has 106 valence electrons. The summed E-state index contributed by atoms with van der Waals surface area (Å²) in [6.45, 7) is 5.75. The van der Waals surface area contributed by atoms with Crippen molar-refractivity contribution in [3.05, 3.63) is 28.8 Å². The predicted octanol–water partition coefficient (Wildman–Crippen LogP) is 3.59. The Morgan fingerprint density at radius 2 is 2.16 bits per heavy atom. The minimum atomic E-state index is 0.301. The Bertz CT molecular complexity index is 424. The van der Waals surface area contributed by atoms with Gasteiger partial charge in [-0.25, -0.2) is 0 Å². The molecule has 0 fully saturated rings. The van der Waals surface area contributed by atoms with Gasteiger partial charge in [0.05, 0.1) is 16.8 Å². The van der Waals surface area contributed by atoms with E-state index in [0.29, 0.717) is 16.1 Å². The number of thiocarbonyl (C=S) groups is 1. The standard InChI is InChI=1S/C14H21ClN2OS/c1-10(2)18-8-4-3-7-17-13-6-5-11(14(16)19)9-12(13)15/h5-6,9-10,17H,3-4,7-8H2,1-2H3,(H2,16,19). The van der Waals surface area contributed by atoms with Crippen LogP contribution in [0.1, 0.15) is 32.3 Å². The summed E-state index contributed by atoms with van der Waals surface area (Å²) in [6.07, 6.45) is 2.38. The minimum Gasteiger partial charge on any atom is -0.389 e. The zero-order valence-electron chi connectivity index (χ0n) is 11.4. The summed E-state index contributed by atoms with van der Waals surface area (Å²) in [6, 6.07) is 5.56. The summed E-state index contributed by atoms with van der Waals surface area (Å²) in [5.74, 6) is 0. The van der Waals surface area contributed by atoms with Crippen molar-refractivity contribution >= 4 is 34.5 Å². The molecule has 0 aromatic heterocycles. The van der Waals surface area contributed by atoms with Gasteiger partial charge in [0.25, 0.3) is 0 Å². The second-order valence-electron chi connectivity index (χ2n) is 4.61. The molecule has 5 heteroatoms. The Morgan fingerprint density at radius 1 is 1.42 bits per heavy atom. The molecule has 0 unspecified atom stereocenters. The first-order chi connectivity index (χ1) is 9.00. The van der Waals surface area contributed by atoms with Crippen molar-refractivity contribution in [2.75, 3.05) is 18.5 Å². The molecule has 1 rings (SSSR count). The molecule has 0 amide bonds. The monoisotopic (exact) mass is 300 g/mol. The molecule has 1 aromatic rings. The molecule has 1 aromatic carbocycles. The van der Waals surface area contributed by atoms with Crippen molar-refractivity contribution in [2.45, 2.75) is 32.8 Å². The molecule has 3 N–H and O–H groups in total. The molecule has 0 bridgehead atoms. The third-order valence-corrected chi connectivity index (χ3v) is 3.14. The smallest absolute Gasteiger partial charge is 0.104 e. The predicted molar refractivity (Wildman–Crippen MR) is 86.2 cm³/mol. The van der Waals surface area contributed by atoms with E-state index in [2.05, 4.69) is 5.32 Å².